The van der Waals surface area contributed by atoms with E-state index in [2.05, 4.69) is 10.6 Å². The van der Waals surface area contributed by atoms with E-state index in [-0.39, 0.29) is 17.9 Å². The predicted octanol–water partition coefficient (Wildman–Crippen LogP) is 2.10. The molecular formula is C14H21N3O2. The highest BCUT2D eigenvalue weighted by Crippen LogP contribution is 2.15. The summed E-state index contributed by atoms with van der Waals surface area (Å²) in [5.41, 5.74) is 7.05. The SMILES string of the molecule is CCC(=O)Nc1cccc(NC(=O)CC(N)CC)c1. The Morgan fingerprint density at radius 2 is 1.74 bits per heavy atom. The van der Waals surface area contributed by atoms with E-state index in [1.807, 2.05) is 6.92 Å². The molecule has 1 rings (SSSR count). The number of nitrogens with two attached hydrogens (primary N) is 1. The summed E-state index contributed by atoms with van der Waals surface area (Å²) < 4.78 is 0. The van der Waals surface area contributed by atoms with Crippen molar-refractivity contribution in [2.24, 2.45) is 5.73 Å². The van der Waals surface area contributed by atoms with Gasteiger partial charge < -0.3 is 16.4 Å². The lowest BCUT2D eigenvalue weighted by atomic mass is 10.1. The van der Waals surface area contributed by atoms with Crippen molar-refractivity contribution in [3.63, 3.8) is 0 Å². The van der Waals surface area contributed by atoms with Crippen molar-refractivity contribution in [3.8, 4) is 0 Å². The van der Waals surface area contributed by atoms with Gasteiger partial charge in [0, 0.05) is 30.3 Å². The van der Waals surface area contributed by atoms with Crippen molar-refractivity contribution < 1.29 is 9.59 Å². The van der Waals surface area contributed by atoms with Crippen LogP contribution in [0.2, 0.25) is 0 Å². The Hall–Kier alpha value is -1.88. The van der Waals surface area contributed by atoms with Gasteiger partial charge in [0.1, 0.15) is 0 Å². The van der Waals surface area contributed by atoms with Crippen LogP contribution in [0.25, 0.3) is 0 Å². The van der Waals surface area contributed by atoms with E-state index in [0.29, 0.717) is 24.2 Å². The second kappa shape index (κ2) is 7.53. The summed E-state index contributed by atoms with van der Waals surface area (Å²) in [4.78, 5) is 23.0. The van der Waals surface area contributed by atoms with Crippen LogP contribution in [0, 0.1) is 0 Å². The molecule has 19 heavy (non-hydrogen) atoms. The molecule has 0 heterocycles. The Kier molecular flexibility index (Phi) is 6.02. The molecular weight excluding hydrogens is 242 g/mol. The number of rotatable bonds is 6. The first-order chi connectivity index (χ1) is 9.05. The standard InChI is InChI=1S/C14H21N3O2/c1-3-10(15)8-14(19)17-12-7-5-6-11(9-12)16-13(18)4-2/h5-7,9-10H,3-4,8,15H2,1-2H3,(H,16,18)(H,17,19). The van der Waals surface area contributed by atoms with Crippen molar-refractivity contribution in [1.82, 2.24) is 0 Å². The van der Waals surface area contributed by atoms with Gasteiger partial charge in [-0.25, -0.2) is 0 Å². The zero-order valence-electron chi connectivity index (χ0n) is 11.4. The number of amides is 2. The molecule has 5 nitrogen and oxygen atoms in total. The highest BCUT2D eigenvalue weighted by Gasteiger charge is 2.08. The summed E-state index contributed by atoms with van der Waals surface area (Å²) in [5.74, 6) is -0.176. The Bertz CT molecular complexity index is 446. The Morgan fingerprint density at radius 1 is 1.16 bits per heavy atom. The third-order valence-electron chi connectivity index (χ3n) is 2.72. The number of hydrogen-bond donors (Lipinski definition) is 3. The fourth-order valence-electron chi connectivity index (χ4n) is 1.52. The Labute approximate surface area is 113 Å². The molecule has 0 bridgehead atoms. The highest BCUT2D eigenvalue weighted by molar-refractivity contribution is 5.94. The minimum atomic E-state index is -0.122. The van der Waals surface area contributed by atoms with Crippen molar-refractivity contribution in [2.75, 3.05) is 10.6 Å². The van der Waals surface area contributed by atoms with Gasteiger partial charge in [-0.2, -0.15) is 0 Å². The molecule has 0 aromatic heterocycles. The van der Waals surface area contributed by atoms with Gasteiger partial charge in [-0.15, -0.1) is 0 Å². The summed E-state index contributed by atoms with van der Waals surface area (Å²) in [6, 6.07) is 6.93. The molecule has 4 N–H and O–H groups in total. The summed E-state index contributed by atoms with van der Waals surface area (Å²) >= 11 is 0. The minimum absolute atomic E-state index is 0.0588. The maximum Gasteiger partial charge on any atom is 0.225 e. The lowest BCUT2D eigenvalue weighted by molar-refractivity contribution is -0.117. The molecule has 2 amide bonds. The van der Waals surface area contributed by atoms with Crippen LogP contribution in [0.1, 0.15) is 33.1 Å². The van der Waals surface area contributed by atoms with Crippen LogP contribution < -0.4 is 16.4 Å². The second-order valence-electron chi connectivity index (χ2n) is 4.40. The Balaban J connectivity index is 2.61. The van der Waals surface area contributed by atoms with Gasteiger partial charge in [0.15, 0.2) is 0 Å². The number of carbonyl (C=O) groups excluding carboxylic acids is 2. The number of nitrogens with one attached hydrogen (secondary N) is 2. The van der Waals surface area contributed by atoms with Crippen molar-refractivity contribution in [1.29, 1.82) is 0 Å². The van der Waals surface area contributed by atoms with Crippen LogP contribution in [-0.2, 0) is 9.59 Å². The van der Waals surface area contributed by atoms with Crippen LogP contribution in [0.3, 0.4) is 0 Å². The molecule has 0 aliphatic rings. The first-order valence-corrected chi connectivity index (χ1v) is 6.50. The zero-order chi connectivity index (χ0) is 14.3. The topological polar surface area (TPSA) is 84.2 Å². The molecule has 1 aromatic carbocycles. The molecule has 0 radical (unpaired) electrons. The van der Waals surface area contributed by atoms with Crippen LogP contribution in [0.5, 0.6) is 0 Å². The first kappa shape index (κ1) is 15.2. The molecule has 1 aromatic rings. The summed E-state index contributed by atoms with van der Waals surface area (Å²) in [6.07, 6.45) is 1.48. The lowest BCUT2D eigenvalue weighted by Crippen LogP contribution is -2.26. The third-order valence-corrected chi connectivity index (χ3v) is 2.72. The van der Waals surface area contributed by atoms with Gasteiger partial charge in [0.2, 0.25) is 11.8 Å². The van der Waals surface area contributed by atoms with Gasteiger partial charge in [-0.3, -0.25) is 9.59 Å². The minimum Gasteiger partial charge on any atom is -0.327 e. The van der Waals surface area contributed by atoms with Gasteiger partial charge >= 0.3 is 0 Å². The number of hydrogen-bond acceptors (Lipinski definition) is 3. The monoisotopic (exact) mass is 263 g/mol. The average Bonchev–Trinajstić information content (AvgIpc) is 2.38. The summed E-state index contributed by atoms with van der Waals surface area (Å²) in [6.45, 7) is 3.73. The number of anilines is 2. The fraction of sp³-hybridized carbons (Fsp3) is 0.429. The molecule has 104 valence electrons. The molecule has 0 spiro atoms. The molecule has 1 unspecified atom stereocenters. The molecule has 0 fully saturated rings. The molecule has 1 atom stereocenters. The molecule has 0 saturated heterocycles. The van der Waals surface area contributed by atoms with E-state index >= 15 is 0 Å². The first-order valence-electron chi connectivity index (χ1n) is 6.50. The van der Waals surface area contributed by atoms with E-state index in [9.17, 15) is 9.59 Å². The van der Waals surface area contributed by atoms with E-state index < -0.39 is 0 Å². The van der Waals surface area contributed by atoms with E-state index in [1.165, 1.54) is 0 Å². The fourth-order valence-corrected chi connectivity index (χ4v) is 1.52. The highest BCUT2D eigenvalue weighted by atomic mass is 16.2. The number of benzene rings is 1. The Morgan fingerprint density at radius 3 is 2.26 bits per heavy atom. The van der Waals surface area contributed by atoms with Gasteiger partial charge in [-0.1, -0.05) is 19.9 Å². The molecule has 5 heteroatoms. The largest absolute Gasteiger partial charge is 0.327 e. The van der Waals surface area contributed by atoms with Gasteiger partial charge in [-0.05, 0) is 24.6 Å². The lowest BCUT2D eigenvalue weighted by Gasteiger charge is -2.10. The quantitative estimate of drug-likeness (QED) is 0.734. The second-order valence-corrected chi connectivity index (χ2v) is 4.40. The van der Waals surface area contributed by atoms with Crippen molar-refractivity contribution in [2.45, 2.75) is 39.2 Å². The molecule has 0 saturated carbocycles. The maximum absolute atomic E-state index is 11.7. The smallest absolute Gasteiger partial charge is 0.225 e. The average molecular weight is 263 g/mol. The van der Waals surface area contributed by atoms with E-state index in [4.69, 9.17) is 5.73 Å². The summed E-state index contributed by atoms with van der Waals surface area (Å²) in [5, 5.41) is 5.51. The van der Waals surface area contributed by atoms with E-state index in [0.717, 1.165) is 6.42 Å². The summed E-state index contributed by atoms with van der Waals surface area (Å²) in [7, 11) is 0. The van der Waals surface area contributed by atoms with Crippen molar-refractivity contribution in [3.05, 3.63) is 24.3 Å². The maximum atomic E-state index is 11.7. The van der Waals surface area contributed by atoms with Crippen molar-refractivity contribution >= 4 is 23.2 Å². The predicted molar refractivity (Wildman–Crippen MR) is 76.9 cm³/mol. The number of carbonyl (C=O) groups is 2. The van der Waals surface area contributed by atoms with Crippen LogP contribution in [0.15, 0.2) is 24.3 Å². The van der Waals surface area contributed by atoms with Gasteiger partial charge in [0.05, 0.1) is 0 Å². The van der Waals surface area contributed by atoms with Crippen LogP contribution in [0.4, 0.5) is 11.4 Å². The zero-order valence-corrected chi connectivity index (χ0v) is 11.4. The van der Waals surface area contributed by atoms with E-state index in [1.54, 1.807) is 31.2 Å². The molecule has 0 aliphatic carbocycles. The van der Waals surface area contributed by atoms with Crippen LogP contribution >= 0.6 is 0 Å². The molecule has 0 aliphatic heterocycles. The van der Waals surface area contributed by atoms with Gasteiger partial charge in [0.25, 0.3) is 0 Å². The van der Waals surface area contributed by atoms with Crippen LogP contribution in [-0.4, -0.2) is 17.9 Å². The normalized spacial score (nSPS) is 11.7. The third kappa shape index (κ3) is 5.52.